The van der Waals surface area contributed by atoms with Gasteiger partial charge in [0.25, 0.3) is 0 Å². The number of aryl methyl sites for hydroxylation is 1. The molecular weight excluding hydrogens is 172 g/mol. The molecule has 0 aliphatic rings. The van der Waals surface area contributed by atoms with Crippen LogP contribution in [0.5, 0.6) is 0 Å². The van der Waals surface area contributed by atoms with Crippen LogP contribution in [0.15, 0.2) is 12.1 Å². The van der Waals surface area contributed by atoms with Crippen molar-refractivity contribution in [3.8, 4) is 6.07 Å². The summed E-state index contributed by atoms with van der Waals surface area (Å²) in [6.45, 7) is 3.31. The molecule has 1 aromatic carbocycles. The average Bonchev–Trinajstić information content (AvgIpc) is 2.10. The van der Waals surface area contributed by atoms with Crippen LogP contribution in [0.1, 0.15) is 24.0 Å². The van der Waals surface area contributed by atoms with E-state index in [-0.39, 0.29) is 0 Å². The molecular formula is C10H9F2N. The largest absolute Gasteiger partial charge is 0.204 e. The highest BCUT2D eigenvalue weighted by atomic mass is 19.2. The van der Waals surface area contributed by atoms with Crippen molar-refractivity contribution >= 4 is 0 Å². The van der Waals surface area contributed by atoms with E-state index in [9.17, 15) is 8.78 Å². The molecule has 1 atom stereocenters. The number of hydrogen-bond donors (Lipinski definition) is 0. The standard InChI is InChI=1S/C10H9F2N/c1-6-3-9(11)10(12)4-8(6)7(2)5-13/h3-4,7H,1-2H3. The van der Waals surface area contributed by atoms with Crippen LogP contribution in [0.25, 0.3) is 0 Å². The zero-order valence-corrected chi connectivity index (χ0v) is 7.44. The molecule has 0 aliphatic heterocycles. The quantitative estimate of drug-likeness (QED) is 0.653. The third-order valence-corrected chi connectivity index (χ3v) is 1.97. The molecule has 1 aromatic rings. The lowest BCUT2D eigenvalue weighted by atomic mass is 9.97. The maximum absolute atomic E-state index is 12.8. The molecule has 1 rings (SSSR count). The Morgan fingerprint density at radius 2 is 1.85 bits per heavy atom. The highest BCUT2D eigenvalue weighted by Gasteiger charge is 2.11. The first-order valence-electron chi connectivity index (χ1n) is 3.91. The van der Waals surface area contributed by atoms with E-state index < -0.39 is 17.6 Å². The Morgan fingerprint density at radius 1 is 1.31 bits per heavy atom. The minimum Gasteiger partial charge on any atom is -0.204 e. The topological polar surface area (TPSA) is 23.8 Å². The zero-order chi connectivity index (χ0) is 10.0. The average molecular weight is 181 g/mol. The first-order chi connectivity index (χ1) is 6.06. The molecule has 0 saturated heterocycles. The second kappa shape index (κ2) is 3.53. The van der Waals surface area contributed by atoms with E-state index in [0.717, 1.165) is 12.1 Å². The molecule has 1 nitrogen and oxygen atoms in total. The van der Waals surface area contributed by atoms with E-state index in [1.807, 2.05) is 6.07 Å². The van der Waals surface area contributed by atoms with Gasteiger partial charge >= 0.3 is 0 Å². The molecule has 68 valence electrons. The summed E-state index contributed by atoms with van der Waals surface area (Å²) in [4.78, 5) is 0. The van der Waals surface area contributed by atoms with Crippen molar-refractivity contribution in [3.63, 3.8) is 0 Å². The van der Waals surface area contributed by atoms with Crippen molar-refractivity contribution in [1.29, 1.82) is 5.26 Å². The van der Waals surface area contributed by atoms with Gasteiger partial charge in [-0.05, 0) is 37.1 Å². The number of rotatable bonds is 1. The highest BCUT2D eigenvalue weighted by molar-refractivity contribution is 5.33. The van der Waals surface area contributed by atoms with E-state index in [1.165, 1.54) is 0 Å². The van der Waals surface area contributed by atoms with E-state index in [2.05, 4.69) is 0 Å². The third kappa shape index (κ3) is 1.83. The van der Waals surface area contributed by atoms with Crippen LogP contribution < -0.4 is 0 Å². The fraction of sp³-hybridized carbons (Fsp3) is 0.300. The first-order valence-corrected chi connectivity index (χ1v) is 3.91. The molecule has 0 radical (unpaired) electrons. The zero-order valence-electron chi connectivity index (χ0n) is 7.44. The highest BCUT2D eigenvalue weighted by Crippen LogP contribution is 2.21. The Balaban J connectivity index is 3.25. The van der Waals surface area contributed by atoms with Gasteiger partial charge in [0.2, 0.25) is 0 Å². The van der Waals surface area contributed by atoms with Gasteiger partial charge in [0.05, 0.1) is 12.0 Å². The second-order valence-electron chi connectivity index (χ2n) is 2.97. The van der Waals surface area contributed by atoms with Crippen molar-refractivity contribution in [3.05, 3.63) is 34.9 Å². The smallest absolute Gasteiger partial charge is 0.159 e. The maximum Gasteiger partial charge on any atom is 0.159 e. The molecule has 0 heterocycles. The number of nitriles is 1. The Labute approximate surface area is 75.6 Å². The summed E-state index contributed by atoms with van der Waals surface area (Å²) >= 11 is 0. The van der Waals surface area contributed by atoms with Gasteiger partial charge in [0, 0.05) is 0 Å². The molecule has 0 fully saturated rings. The monoisotopic (exact) mass is 181 g/mol. The second-order valence-corrected chi connectivity index (χ2v) is 2.97. The maximum atomic E-state index is 12.8. The van der Waals surface area contributed by atoms with Gasteiger partial charge in [-0.2, -0.15) is 5.26 Å². The SMILES string of the molecule is Cc1cc(F)c(F)cc1C(C)C#N. The summed E-state index contributed by atoms with van der Waals surface area (Å²) in [5.74, 6) is -2.18. The van der Waals surface area contributed by atoms with Crippen molar-refractivity contribution < 1.29 is 8.78 Å². The molecule has 0 amide bonds. The van der Waals surface area contributed by atoms with E-state index >= 15 is 0 Å². The molecule has 1 unspecified atom stereocenters. The van der Waals surface area contributed by atoms with Crippen molar-refractivity contribution in [2.75, 3.05) is 0 Å². The van der Waals surface area contributed by atoms with Crippen LogP contribution in [0.4, 0.5) is 8.78 Å². The molecule has 0 N–H and O–H groups in total. The fourth-order valence-electron chi connectivity index (χ4n) is 1.20. The third-order valence-electron chi connectivity index (χ3n) is 1.97. The lowest BCUT2D eigenvalue weighted by Gasteiger charge is -2.07. The lowest BCUT2D eigenvalue weighted by Crippen LogP contribution is -1.97. The summed E-state index contributed by atoms with van der Waals surface area (Å²) in [7, 11) is 0. The summed E-state index contributed by atoms with van der Waals surface area (Å²) in [6.07, 6.45) is 0. The van der Waals surface area contributed by atoms with Gasteiger partial charge in [0.15, 0.2) is 11.6 Å². The molecule has 0 bridgehead atoms. The normalized spacial score (nSPS) is 12.2. The number of halogens is 2. The van der Waals surface area contributed by atoms with E-state index in [4.69, 9.17) is 5.26 Å². The predicted octanol–water partition coefficient (Wildman–Crippen LogP) is 2.90. The van der Waals surface area contributed by atoms with Crippen LogP contribution in [0, 0.1) is 29.9 Å². The van der Waals surface area contributed by atoms with Gasteiger partial charge < -0.3 is 0 Å². The molecule has 0 spiro atoms. The fourth-order valence-corrected chi connectivity index (χ4v) is 1.20. The van der Waals surface area contributed by atoms with Crippen LogP contribution in [0.2, 0.25) is 0 Å². The Morgan fingerprint density at radius 3 is 2.38 bits per heavy atom. The van der Waals surface area contributed by atoms with Crippen molar-refractivity contribution in [2.45, 2.75) is 19.8 Å². The minimum absolute atomic E-state index is 0.407. The number of hydrogen-bond acceptors (Lipinski definition) is 1. The summed E-state index contributed by atoms with van der Waals surface area (Å²) < 4.78 is 25.4. The van der Waals surface area contributed by atoms with Gasteiger partial charge in [0.1, 0.15) is 0 Å². The molecule has 0 aromatic heterocycles. The van der Waals surface area contributed by atoms with Crippen molar-refractivity contribution in [2.24, 2.45) is 0 Å². The molecule has 3 heteroatoms. The predicted molar refractivity (Wildman–Crippen MR) is 45.1 cm³/mol. The molecule has 13 heavy (non-hydrogen) atoms. The Kier molecular flexibility index (Phi) is 2.62. The minimum atomic E-state index is -0.900. The van der Waals surface area contributed by atoms with Gasteiger partial charge in [-0.1, -0.05) is 0 Å². The van der Waals surface area contributed by atoms with Crippen LogP contribution in [-0.4, -0.2) is 0 Å². The van der Waals surface area contributed by atoms with E-state index in [0.29, 0.717) is 11.1 Å². The van der Waals surface area contributed by atoms with Gasteiger partial charge in [-0.25, -0.2) is 8.78 Å². The lowest BCUT2D eigenvalue weighted by molar-refractivity contribution is 0.505. The van der Waals surface area contributed by atoms with Gasteiger partial charge in [-0.15, -0.1) is 0 Å². The summed E-state index contributed by atoms with van der Waals surface area (Å²) in [5.41, 5.74) is 1.15. The Bertz CT molecular complexity index is 366. The number of nitrogens with zero attached hydrogens (tertiary/aromatic N) is 1. The summed E-state index contributed by atoms with van der Waals surface area (Å²) in [5, 5.41) is 8.61. The van der Waals surface area contributed by atoms with Crippen LogP contribution in [-0.2, 0) is 0 Å². The van der Waals surface area contributed by atoms with Crippen LogP contribution >= 0.6 is 0 Å². The molecule has 0 saturated carbocycles. The van der Waals surface area contributed by atoms with Crippen LogP contribution in [0.3, 0.4) is 0 Å². The number of benzene rings is 1. The van der Waals surface area contributed by atoms with Crippen molar-refractivity contribution in [1.82, 2.24) is 0 Å². The van der Waals surface area contributed by atoms with E-state index in [1.54, 1.807) is 13.8 Å². The van der Waals surface area contributed by atoms with Gasteiger partial charge in [-0.3, -0.25) is 0 Å². The Hall–Kier alpha value is -1.43. The first kappa shape index (κ1) is 9.66. The summed E-state index contributed by atoms with van der Waals surface area (Å²) in [6, 6.07) is 4.17. The molecule has 0 aliphatic carbocycles.